The minimum atomic E-state index is -1.04. The molecule has 3 nitrogen and oxygen atoms in total. The second kappa shape index (κ2) is 6.41. The van der Waals surface area contributed by atoms with Gasteiger partial charge >= 0.3 is 0 Å². The molecule has 0 saturated heterocycles. The van der Waals surface area contributed by atoms with E-state index in [0.29, 0.717) is 25.0 Å². The monoisotopic (exact) mass is 304 g/mol. The fourth-order valence-electron chi connectivity index (χ4n) is 2.22. The standard InChI is InChI=1S/C13H15F3N2OS/c14-7-5-10(15)12(11(16)6-7)18-13(20)17-8-1-3-9(19)4-2-8/h5-6,8-9,19H,1-4H2,(H2,17,18,20). The van der Waals surface area contributed by atoms with Crippen molar-refractivity contribution in [2.75, 3.05) is 5.32 Å². The molecule has 7 heteroatoms. The summed E-state index contributed by atoms with van der Waals surface area (Å²) >= 11 is 4.99. The molecular formula is C13H15F3N2OS. The van der Waals surface area contributed by atoms with Gasteiger partial charge in [0.2, 0.25) is 0 Å². The van der Waals surface area contributed by atoms with Crippen LogP contribution in [0.4, 0.5) is 18.9 Å². The van der Waals surface area contributed by atoms with Gasteiger partial charge in [0, 0.05) is 18.2 Å². The number of aliphatic hydroxyl groups excluding tert-OH is 1. The van der Waals surface area contributed by atoms with Gasteiger partial charge in [-0.3, -0.25) is 0 Å². The van der Waals surface area contributed by atoms with Gasteiger partial charge in [0.1, 0.15) is 11.5 Å². The molecule has 0 aliphatic heterocycles. The number of halogens is 3. The number of thiocarbonyl (C=S) groups is 1. The molecule has 0 bridgehead atoms. The fraction of sp³-hybridized carbons (Fsp3) is 0.462. The largest absolute Gasteiger partial charge is 0.393 e. The first kappa shape index (κ1) is 15.1. The van der Waals surface area contributed by atoms with E-state index < -0.39 is 23.1 Å². The van der Waals surface area contributed by atoms with E-state index in [1.54, 1.807) is 0 Å². The summed E-state index contributed by atoms with van der Waals surface area (Å²) in [6.07, 6.45) is 2.51. The molecule has 0 unspecified atom stereocenters. The van der Waals surface area contributed by atoms with Crippen LogP contribution in [0.1, 0.15) is 25.7 Å². The van der Waals surface area contributed by atoms with Gasteiger partial charge < -0.3 is 15.7 Å². The Morgan fingerprint density at radius 2 is 1.65 bits per heavy atom. The number of anilines is 1. The van der Waals surface area contributed by atoms with Crippen molar-refractivity contribution in [2.45, 2.75) is 37.8 Å². The summed E-state index contributed by atoms with van der Waals surface area (Å²) < 4.78 is 39.7. The predicted molar refractivity (Wildman–Crippen MR) is 73.9 cm³/mol. The molecule has 0 spiro atoms. The summed E-state index contributed by atoms with van der Waals surface area (Å²) in [6.45, 7) is 0. The molecule has 2 rings (SSSR count). The average Bonchev–Trinajstić information content (AvgIpc) is 2.36. The second-order valence-corrected chi connectivity index (χ2v) is 5.26. The summed E-state index contributed by atoms with van der Waals surface area (Å²) in [5.74, 6) is -3.05. The zero-order valence-electron chi connectivity index (χ0n) is 10.6. The topological polar surface area (TPSA) is 44.3 Å². The fourth-order valence-corrected chi connectivity index (χ4v) is 2.49. The Morgan fingerprint density at radius 3 is 2.20 bits per heavy atom. The van der Waals surface area contributed by atoms with Gasteiger partial charge in [0.15, 0.2) is 16.7 Å². The average molecular weight is 304 g/mol. The molecule has 1 fully saturated rings. The van der Waals surface area contributed by atoms with E-state index >= 15 is 0 Å². The van der Waals surface area contributed by atoms with E-state index in [0.717, 1.165) is 12.8 Å². The number of benzene rings is 1. The third kappa shape index (κ3) is 3.83. The van der Waals surface area contributed by atoms with Gasteiger partial charge in [0.25, 0.3) is 0 Å². The van der Waals surface area contributed by atoms with Gasteiger partial charge in [-0.1, -0.05) is 0 Å². The first-order chi connectivity index (χ1) is 9.45. The number of nitrogens with one attached hydrogen (secondary N) is 2. The smallest absolute Gasteiger partial charge is 0.171 e. The minimum absolute atomic E-state index is 0.0602. The van der Waals surface area contributed by atoms with Crippen LogP contribution in [0.5, 0.6) is 0 Å². The molecule has 0 radical (unpaired) electrons. The normalized spacial score (nSPS) is 22.4. The van der Waals surface area contributed by atoms with Crippen LogP contribution in [0, 0.1) is 17.5 Å². The molecule has 0 heterocycles. The maximum Gasteiger partial charge on any atom is 0.171 e. The highest BCUT2D eigenvalue weighted by molar-refractivity contribution is 7.80. The molecule has 0 atom stereocenters. The summed E-state index contributed by atoms with van der Waals surface area (Å²) in [6, 6.07) is 1.24. The number of aliphatic hydroxyl groups is 1. The van der Waals surface area contributed by atoms with Crippen LogP contribution in [0.2, 0.25) is 0 Å². The quantitative estimate of drug-likeness (QED) is 0.735. The molecule has 1 aromatic rings. The van der Waals surface area contributed by atoms with E-state index in [-0.39, 0.29) is 17.3 Å². The highest BCUT2D eigenvalue weighted by Crippen LogP contribution is 2.21. The predicted octanol–water partition coefficient (Wildman–Crippen LogP) is 2.69. The van der Waals surface area contributed by atoms with Crippen molar-refractivity contribution in [3.8, 4) is 0 Å². The zero-order chi connectivity index (χ0) is 14.7. The molecule has 0 amide bonds. The zero-order valence-corrected chi connectivity index (χ0v) is 11.4. The molecule has 3 N–H and O–H groups in total. The van der Waals surface area contributed by atoms with Crippen LogP contribution in [0.15, 0.2) is 12.1 Å². The Labute approximate surface area is 120 Å². The van der Waals surface area contributed by atoms with E-state index in [4.69, 9.17) is 12.2 Å². The van der Waals surface area contributed by atoms with Crippen molar-refractivity contribution < 1.29 is 18.3 Å². The van der Waals surface area contributed by atoms with E-state index in [2.05, 4.69) is 10.6 Å². The Hall–Kier alpha value is -1.34. The SMILES string of the molecule is OC1CCC(NC(=S)Nc2c(F)cc(F)cc2F)CC1. The van der Waals surface area contributed by atoms with Crippen molar-refractivity contribution in [3.05, 3.63) is 29.6 Å². The van der Waals surface area contributed by atoms with E-state index in [1.807, 2.05) is 0 Å². The maximum absolute atomic E-state index is 13.4. The number of hydrogen-bond donors (Lipinski definition) is 3. The van der Waals surface area contributed by atoms with Crippen molar-refractivity contribution in [1.82, 2.24) is 5.32 Å². The van der Waals surface area contributed by atoms with Crippen LogP contribution in [-0.4, -0.2) is 22.4 Å². The summed E-state index contributed by atoms with van der Waals surface area (Å²) in [5, 5.41) is 14.8. The lowest BCUT2D eigenvalue weighted by atomic mass is 9.93. The highest BCUT2D eigenvalue weighted by atomic mass is 32.1. The number of hydrogen-bond acceptors (Lipinski definition) is 2. The summed E-state index contributed by atoms with van der Waals surface area (Å²) in [7, 11) is 0. The lowest BCUT2D eigenvalue weighted by Gasteiger charge is -2.27. The van der Waals surface area contributed by atoms with Gasteiger partial charge in [-0.2, -0.15) is 0 Å². The molecular weight excluding hydrogens is 289 g/mol. The van der Waals surface area contributed by atoms with E-state index in [1.165, 1.54) is 0 Å². The third-order valence-corrected chi connectivity index (χ3v) is 3.50. The van der Waals surface area contributed by atoms with Crippen LogP contribution in [0.3, 0.4) is 0 Å². The molecule has 0 aromatic heterocycles. The third-order valence-electron chi connectivity index (χ3n) is 3.28. The molecule has 110 valence electrons. The Kier molecular flexibility index (Phi) is 4.82. The molecule has 20 heavy (non-hydrogen) atoms. The minimum Gasteiger partial charge on any atom is -0.393 e. The first-order valence-corrected chi connectivity index (χ1v) is 6.76. The Balaban J connectivity index is 1.95. The Morgan fingerprint density at radius 1 is 1.10 bits per heavy atom. The van der Waals surface area contributed by atoms with Gasteiger partial charge in [0.05, 0.1) is 6.10 Å². The maximum atomic E-state index is 13.4. The van der Waals surface area contributed by atoms with Crippen LogP contribution in [-0.2, 0) is 0 Å². The summed E-state index contributed by atoms with van der Waals surface area (Å²) in [4.78, 5) is 0. The Bertz CT molecular complexity index is 481. The molecule has 1 aromatic carbocycles. The van der Waals surface area contributed by atoms with Crippen molar-refractivity contribution in [2.24, 2.45) is 0 Å². The highest BCUT2D eigenvalue weighted by Gasteiger charge is 2.20. The lowest BCUT2D eigenvalue weighted by Crippen LogP contribution is -2.41. The molecule has 1 saturated carbocycles. The van der Waals surface area contributed by atoms with Gasteiger partial charge in [-0.15, -0.1) is 0 Å². The van der Waals surface area contributed by atoms with Crippen molar-refractivity contribution in [3.63, 3.8) is 0 Å². The lowest BCUT2D eigenvalue weighted by molar-refractivity contribution is 0.120. The van der Waals surface area contributed by atoms with E-state index in [9.17, 15) is 18.3 Å². The summed E-state index contributed by atoms with van der Waals surface area (Å²) in [5.41, 5.74) is -0.472. The van der Waals surface area contributed by atoms with Crippen LogP contribution >= 0.6 is 12.2 Å². The first-order valence-electron chi connectivity index (χ1n) is 6.36. The van der Waals surface area contributed by atoms with Crippen LogP contribution < -0.4 is 10.6 Å². The second-order valence-electron chi connectivity index (χ2n) is 4.85. The van der Waals surface area contributed by atoms with Gasteiger partial charge in [-0.05, 0) is 37.9 Å². The van der Waals surface area contributed by atoms with Gasteiger partial charge in [-0.25, -0.2) is 13.2 Å². The number of rotatable bonds is 2. The van der Waals surface area contributed by atoms with Crippen molar-refractivity contribution in [1.29, 1.82) is 0 Å². The molecule has 1 aliphatic rings. The molecule has 1 aliphatic carbocycles. The van der Waals surface area contributed by atoms with Crippen LogP contribution in [0.25, 0.3) is 0 Å². The van der Waals surface area contributed by atoms with Crippen molar-refractivity contribution >= 4 is 23.0 Å².